The van der Waals surface area contributed by atoms with Crippen LogP contribution in [0.1, 0.15) is 60.0 Å². The third-order valence-corrected chi connectivity index (χ3v) is 6.27. The number of amides is 1. The molecular weight excluding hydrogens is 334 g/mol. The first-order chi connectivity index (χ1) is 13.2. The van der Waals surface area contributed by atoms with Gasteiger partial charge in [-0.25, -0.2) is 4.98 Å². The molecule has 1 heterocycles. The van der Waals surface area contributed by atoms with E-state index in [1.54, 1.807) is 19.3 Å². The highest BCUT2D eigenvalue weighted by Gasteiger charge is 2.24. The van der Waals surface area contributed by atoms with E-state index in [1.165, 1.54) is 62.5 Å². The number of hydrogen-bond donors (Lipinski definition) is 2. The van der Waals surface area contributed by atoms with Crippen LogP contribution < -0.4 is 10.6 Å². The normalized spacial score (nSPS) is 19.5. The fourth-order valence-electron chi connectivity index (χ4n) is 4.37. The van der Waals surface area contributed by atoms with Crippen molar-refractivity contribution < 1.29 is 4.79 Å². The summed E-state index contributed by atoms with van der Waals surface area (Å²) >= 11 is 0. The lowest BCUT2D eigenvalue weighted by Gasteiger charge is -2.29. The van der Waals surface area contributed by atoms with Gasteiger partial charge in [0.25, 0.3) is 5.91 Å². The molecule has 27 heavy (non-hydrogen) atoms. The van der Waals surface area contributed by atoms with Gasteiger partial charge in [0.15, 0.2) is 0 Å². The van der Waals surface area contributed by atoms with Crippen molar-refractivity contribution in [3.05, 3.63) is 53.2 Å². The second kappa shape index (κ2) is 8.12. The van der Waals surface area contributed by atoms with Gasteiger partial charge in [0.2, 0.25) is 0 Å². The van der Waals surface area contributed by atoms with E-state index in [0.29, 0.717) is 5.56 Å². The molecule has 142 valence electrons. The maximum atomic E-state index is 11.6. The van der Waals surface area contributed by atoms with E-state index < -0.39 is 0 Å². The molecule has 4 heteroatoms. The number of anilines is 2. The summed E-state index contributed by atoms with van der Waals surface area (Å²) in [7, 11) is 1.63. The molecule has 2 aliphatic rings. The van der Waals surface area contributed by atoms with Gasteiger partial charge >= 0.3 is 0 Å². The molecule has 2 aliphatic carbocycles. The number of nitrogens with zero attached hydrogens (tertiary/aromatic N) is 1. The smallest absolute Gasteiger partial charge is 0.252 e. The molecule has 4 rings (SSSR count). The van der Waals surface area contributed by atoms with Crippen LogP contribution in [0.4, 0.5) is 11.5 Å². The zero-order valence-corrected chi connectivity index (χ0v) is 16.1. The molecule has 1 saturated carbocycles. The van der Waals surface area contributed by atoms with Crippen molar-refractivity contribution in [1.82, 2.24) is 10.3 Å². The number of fused-ring (bicyclic) bond motifs is 1. The summed E-state index contributed by atoms with van der Waals surface area (Å²) < 4.78 is 0. The van der Waals surface area contributed by atoms with Gasteiger partial charge in [-0.2, -0.15) is 0 Å². The van der Waals surface area contributed by atoms with Gasteiger partial charge in [0, 0.05) is 18.9 Å². The average Bonchev–Trinajstić information content (AvgIpc) is 2.87. The monoisotopic (exact) mass is 363 g/mol. The van der Waals surface area contributed by atoms with Crippen LogP contribution in [-0.2, 0) is 12.8 Å². The van der Waals surface area contributed by atoms with Gasteiger partial charge in [-0.05, 0) is 79.3 Å². The predicted octanol–water partition coefficient (Wildman–Crippen LogP) is 4.87. The topological polar surface area (TPSA) is 54.0 Å². The number of carbonyl (C=O) groups excluding carboxylic acids is 1. The minimum absolute atomic E-state index is 0.115. The first kappa shape index (κ1) is 18.0. The second-order valence-electron chi connectivity index (χ2n) is 8.10. The summed E-state index contributed by atoms with van der Waals surface area (Å²) in [6.45, 7) is 0. The van der Waals surface area contributed by atoms with Crippen molar-refractivity contribution in [2.24, 2.45) is 11.8 Å². The van der Waals surface area contributed by atoms with Crippen molar-refractivity contribution in [2.75, 3.05) is 12.4 Å². The second-order valence-corrected chi connectivity index (χ2v) is 8.10. The number of pyridine rings is 1. The number of aryl methyl sites for hydroxylation is 2. The van der Waals surface area contributed by atoms with Crippen LogP contribution >= 0.6 is 0 Å². The summed E-state index contributed by atoms with van der Waals surface area (Å²) in [6.07, 6.45) is 12.5. The Morgan fingerprint density at radius 3 is 2.48 bits per heavy atom. The third-order valence-electron chi connectivity index (χ3n) is 6.27. The lowest BCUT2D eigenvalue weighted by atomic mass is 9.77. The maximum Gasteiger partial charge on any atom is 0.252 e. The Balaban J connectivity index is 1.40. The Hall–Kier alpha value is -2.36. The SMILES string of the molecule is CNC(=O)c1ccc(Nc2ccc3c(c2)CCC(CC2CCC2)CC3)nc1. The zero-order chi connectivity index (χ0) is 18.6. The molecule has 0 spiro atoms. The molecule has 2 N–H and O–H groups in total. The van der Waals surface area contributed by atoms with Crippen molar-refractivity contribution in [3.8, 4) is 0 Å². The highest BCUT2D eigenvalue weighted by Crippen LogP contribution is 2.37. The Bertz CT molecular complexity index is 796. The van der Waals surface area contributed by atoms with Crippen molar-refractivity contribution in [3.63, 3.8) is 0 Å². The lowest BCUT2D eigenvalue weighted by molar-refractivity contribution is 0.0963. The Morgan fingerprint density at radius 2 is 1.81 bits per heavy atom. The number of aromatic nitrogens is 1. The number of benzene rings is 1. The van der Waals surface area contributed by atoms with E-state index in [0.717, 1.165) is 23.3 Å². The molecule has 2 aromatic rings. The van der Waals surface area contributed by atoms with E-state index in [1.807, 2.05) is 6.07 Å². The minimum Gasteiger partial charge on any atom is -0.355 e. The van der Waals surface area contributed by atoms with Crippen LogP contribution in [0.5, 0.6) is 0 Å². The number of hydrogen-bond acceptors (Lipinski definition) is 3. The number of rotatable bonds is 5. The van der Waals surface area contributed by atoms with Gasteiger partial charge in [-0.15, -0.1) is 0 Å². The minimum atomic E-state index is -0.115. The number of nitrogens with one attached hydrogen (secondary N) is 2. The molecule has 1 aromatic heterocycles. The van der Waals surface area contributed by atoms with Crippen LogP contribution in [0, 0.1) is 11.8 Å². The van der Waals surface area contributed by atoms with E-state index >= 15 is 0 Å². The van der Waals surface area contributed by atoms with E-state index in [9.17, 15) is 4.79 Å². The van der Waals surface area contributed by atoms with E-state index in [4.69, 9.17) is 0 Å². The van der Waals surface area contributed by atoms with Crippen molar-refractivity contribution in [1.29, 1.82) is 0 Å². The first-order valence-electron chi connectivity index (χ1n) is 10.3. The standard InChI is InChI=1S/C23H29N3O/c1-24-23(27)20-10-12-22(25-15-20)26-21-11-9-18-7-5-17(6-8-19(18)14-21)13-16-3-2-4-16/h9-12,14-17H,2-8,13H2,1H3,(H,24,27)(H,25,26). The Morgan fingerprint density at radius 1 is 1.04 bits per heavy atom. The van der Waals surface area contributed by atoms with E-state index in [2.05, 4.69) is 33.8 Å². The molecule has 1 fully saturated rings. The first-order valence-corrected chi connectivity index (χ1v) is 10.3. The van der Waals surface area contributed by atoms with E-state index in [-0.39, 0.29) is 5.91 Å². The van der Waals surface area contributed by atoms with Gasteiger partial charge in [0.05, 0.1) is 5.56 Å². The highest BCUT2D eigenvalue weighted by molar-refractivity contribution is 5.93. The zero-order valence-electron chi connectivity index (χ0n) is 16.1. The lowest BCUT2D eigenvalue weighted by Crippen LogP contribution is -2.17. The summed E-state index contributed by atoms with van der Waals surface area (Å²) in [5.41, 5.74) is 4.64. The molecule has 4 nitrogen and oxygen atoms in total. The van der Waals surface area contributed by atoms with Gasteiger partial charge in [0.1, 0.15) is 5.82 Å². The van der Waals surface area contributed by atoms with Crippen LogP contribution in [0.15, 0.2) is 36.5 Å². The van der Waals surface area contributed by atoms with Crippen LogP contribution in [-0.4, -0.2) is 17.9 Å². The molecule has 1 atom stereocenters. The predicted molar refractivity (Wildman–Crippen MR) is 109 cm³/mol. The Kier molecular flexibility index (Phi) is 5.42. The molecule has 0 aliphatic heterocycles. The maximum absolute atomic E-state index is 11.6. The Labute approximate surface area is 161 Å². The fraction of sp³-hybridized carbons (Fsp3) is 0.478. The summed E-state index contributed by atoms with van der Waals surface area (Å²) in [5, 5.41) is 5.99. The quantitative estimate of drug-likeness (QED) is 0.745. The van der Waals surface area contributed by atoms with Gasteiger partial charge in [-0.1, -0.05) is 25.3 Å². The summed E-state index contributed by atoms with van der Waals surface area (Å²) in [6, 6.07) is 10.4. The van der Waals surface area contributed by atoms with Crippen molar-refractivity contribution >= 4 is 17.4 Å². The largest absolute Gasteiger partial charge is 0.355 e. The molecule has 0 bridgehead atoms. The highest BCUT2D eigenvalue weighted by atomic mass is 16.1. The molecule has 0 saturated heterocycles. The molecule has 1 aromatic carbocycles. The average molecular weight is 364 g/mol. The molecule has 1 amide bonds. The summed E-state index contributed by atoms with van der Waals surface area (Å²) in [5.74, 6) is 2.56. The van der Waals surface area contributed by atoms with Gasteiger partial charge in [-0.3, -0.25) is 4.79 Å². The summed E-state index contributed by atoms with van der Waals surface area (Å²) in [4.78, 5) is 16.0. The molecular formula is C23H29N3O. The fourth-order valence-corrected chi connectivity index (χ4v) is 4.37. The van der Waals surface area contributed by atoms with Crippen LogP contribution in [0.3, 0.4) is 0 Å². The van der Waals surface area contributed by atoms with Gasteiger partial charge < -0.3 is 10.6 Å². The third kappa shape index (κ3) is 4.32. The number of carbonyl (C=O) groups is 1. The molecule has 1 unspecified atom stereocenters. The van der Waals surface area contributed by atoms with Crippen LogP contribution in [0.2, 0.25) is 0 Å². The van der Waals surface area contributed by atoms with Crippen molar-refractivity contribution in [2.45, 2.75) is 51.4 Å². The molecule has 0 radical (unpaired) electrons. The van der Waals surface area contributed by atoms with Crippen LogP contribution in [0.25, 0.3) is 0 Å².